The zero-order chi connectivity index (χ0) is 18.2. The Labute approximate surface area is 151 Å². The fourth-order valence-electron chi connectivity index (χ4n) is 3.30. The number of carbonyl (C=O) groups is 2. The van der Waals surface area contributed by atoms with Gasteiger partial charge in [-0.2, -0.15) is 0 Å². The molecule has 2 aliphatic rings. The van der Waals surface area contributed by atoms with Gasteiger partial charge in [0.05, 0.1) is 5.56 Å². The van der Waals surface area contributed by atoms with Gasteiger partial charge in [-0.05, 0) is 24.3 Å². The largest absolute Gasteiger partial charge is 0.354 e. The smallest absolute Gasteiger partial charge is 0.266 e. The van der Waals surface area contributed by atoms with Gasteiger partial charge in [-0.15, -0.1) is 0 Å². The van der Waals surface area contributed by atoms with Gasteiger partial charge in [0.15, 0.2) is 0 Å². The summed E-state index contributed by atoms with van der Waals surface area (Å²) in [7, 11) is 0. The lowest BCUT2D eigenvalue weighted by atomic mass is 9.86. The Morgan fingerprint density at radius 3 is 2.52 bits per heavy atom. The molecule has 2 aliphatic heterocycles. The number of amides is 2. The molecule has 0 bridgehead atoms. The summed E-state index contributed by atoms with van der Waals surface area (Å²) in [4.78, 5) is 40.7. The molecule has 7 nitrogen and oxygen atoms in total. The van der Waals surface area contributed by atoms with E-state index in [1.807, 2.05) is 0 Å². The van der Waals surface area contributed by atoms with Gasteiger partial charge >= 0.3 is 0 Å². The highest BCUT2D eigenvalue weighted by Gasteiger charge is 2.45. The van der Waals surface area contributed by atoms with Gasteiger partial charge in [-0.25, -0.2) is 0 Å². The van der Waals surface area contributed by atoms with E-state index in [2.05, 4.69) is 29.5 Å². The SMILES string of the molecule is CC1(C)CNC(=O)C2(CCN(C(=O)c3c[nH]c(=O)c(Cl)c3)CC2)NC1. The molecule has 2 amide bonds. The van der Waals surface area contributed by atoms with Crippen LogP contribution in [-0.4, -0.2) is 53.4 Å². The number of nitrogens with zero attached hydrogens (tertiary/aromatic N) is 1. The summed E-state index contributed by atoms with van der Waals surface area (Å²) in [6.07, 6.45) is 2.48. The first-order chi connectivity index (χ1) is 11.7. The van der Waals surface area contributed by atoms with Crippen molar-refractivity contribution in [2.45, 2.75) is 32.2 Å². The number of hydrogen-bond acceptors (Lipinski definition) is 4. The summed E-state index contributed by atoms with van der Waals surface area (Å²) >= 11 is 5.80. The normalized spacial score (nSPS) is 22.4. The van der Waals surface area contributed by atoms with Gasteiger partial charge in [-0.1, -0.05) is 25.4 Å². The minimum Gasteiger partial charge on any atom is -0.354 e. The van der Waals surface area contributed by atoms with Crippen molar-refractivity contribution in [2.24, 2.45) is 5.41 Å². The van der Waals surface area contributed by atoms with Crippen molar-refractivity contribution in [1.82, 2.24) is 20.5 Å². The molecule has 2 fully saturated rings. The van der Waals surface area contributed by atoms with Crippen molar-refractivity contribution in [3.05, 3.63) is 33.2 Å². The number of pyridine rings is 1. The number of aromatic amines is 1. The van der Waals surface area contributed by atoms with E-state index in [1.165, 1.54) is 12.3 Å². The van der Waals surface area contributed by atoms with Gasteiger partial charge in [-0.3, -0.25) is 14.4 Å². The lowest BCUT2D eigenvalue weighted by Crippen LogP contribution is -2.61. The molecule has 2 saturated heterocycles. The van der Waals surface area contributed by atoms with Gasteiger partial charge in [0, 0.05) is 32.4 Å². The van der Waals surface area contributed by atoms with E-state index in [0.717, 1.165) is 6.54 Å². The van der Waals surface area contributed by atoms with E-state index in [9.17, 15) is 14.4 Å². The Morgan fingerprint density at radius 1 is 1.20 bits per heavy atom. The zero-order valence-electron chi connectivity index (χ0n) is 14.4. The predicted octanol–water partition coefficient (Wildman–Crippen LogP) is 0.749. The molecular formula is C17H23ClN4O3. The summed E-state index contributed by atoms with van der Waals surface area (Å²) in [5, 5.41) is 6.45. The molecule has 8 heteroatoms. The zero-order valence-corrected chi connectivity index (χ0v) is 15.2. The maximum atomic E-state index is 12.6. The third-order valence-corrected chi connectivity index (χ3v) is 5.36. The highest BCUT2D eigenvalue weighted by molar-refractivity contribution is 6.30. The highest BCUT2D eigenvalue weighted by Crippen LogP contribution is 2.28. The molecule has 3 N–H and O–H groups in total. The first-order valence-electron chi connectivity index (χ1n) is 8.43. The van der Waals surface area contributed by atoms with Crippen molar-refractivity contribution in [2.75, 3.05) is 26.2 Å². The molecule has 0 aliphatic carbocycles. The number of halogens is 1. The van der Waals surface area contributed by atoms with E-state index in [-0.39, 0.29) is 22.3 Å². The summed E-state index contributed by atoms with van der Waals surface area (Å²) in [6.45, 7) is 6.54. The quantitative estimate of drug-likeness (QED) is 0.683. The molecule has 1 aromatic rings. The van der Waals surface area contributed by atoms with Crippen LogP contribution in [0.2, 0.25) is 5.02 Å². The van der Waals surface area contributed by atoms with E-state index in [1.54, 1.807) is 4.90 Å². The Kier molecular flexibility index (Phi) is 4.64. The van der Waals surface area contributed by atoms with Crippen molar-refractivity contribution in [3.8, 4) is 0 Å². The van der Waals surface area contributed by atoms with Crippen LogP contribution >= 0.6 is 11.6 Å². The third kappa shape index (κ3) is 3.57. The molecule has 1 spiro atoms. The Morgan fingerprint density at radius 2 is 1.88 bits per heavy atom. The van der Waals surface area contributed by atoms with Crippen LogP contribution in [0, 0.1) is 5.41 Å². The van der Waals surface area contributed by atoms with Gasteiger partial charge in [0.1, 0.15) is 10.6 Å². The first-order valence-corrected chi connectivity index (χ1v) is 8.81. The highest BCUT2D eigenvalue weighted by atomic mass is 35.5. The Hall–Kier alpha value is -1.86. The van der Waals surface area contributed by atoms with Crippen LogP contribution in [-0.2, 0) is 4.79 Å². The van der Waals surface area contributed by atoms with Gasteiger partial charge in [0.25, 0.3) is 11.5 Å². The average Bonchev–Trinajstić information content (AvgIpc) is 2.70. The third-order valence-electron chi connectivity index (χ3n) is 5.08. The van der Waals surface area contributed by atoms with Crippen molar-refractivity contribution >= 4 is 23.4 Å². The predicted molar refractivity (Wildman–Crippen MR) is 94.7 cm³/mol. The lowest BCUT2D eigenvalue weighted by Gasteiger charge is -2.40. The number of rotatable bonds is 1. The summed E-state index contributed by atoms with van der Waals surface area (Å²) in [5.41, 5.74) is -0.691. The second-order valence-electron chi connectivity index (χ2n) is 7.64. The molecular weight excluding hydrogens is 344 g/mol. The van der Waals surface area contributed by atoms with Crippen LogP contribution in [0.5, 0.6) is 0 Å². The van der Waals surface area contributed by atoms with E-state index < -0.39 is 11.1 Å². The van der Waals surface area contributed by atoms with Crippen LogP contribution in [0.4, 0.5) is 0 Å². The average molecular weight is 367 g/mol. The summed E-state index contributed by atoms with van der Waals surface area (Å²) < 4.78 is 0. The maximum absolute atomic E-state index is 12.6. The number of carbonyl (C=O) groups excluding carboxylic acids is 2. The lowest BCUT2D eigenvalue weighted by molar-refractivity contribution is -0.128. The van der Waals surface area contributed by atoms with Crippen LogP contribution < -0.4 is 16.2 Å². The van der Waals surface area contributed by atoms with Crippen molar-refractivity contribution in [3.63, 3.8) is 0 Å². The van der Waals surface area contributed by atoms with Gasteiger partial charge < -0.3 is 20.5 Å². The van der Waals surface area contributed by atoms with Crippen LogP contribution in [0.15, 0.2) is 17.1 Å². The van der Waals surface area contributed by atoms with Crippen LogP contribution in [0.25, 0.3) is 0 Å². The summed E-state index contributed by atoms with van der Waals surface area (Å²) in [6, 6.07) is 1.38. The Bertz CT molecular complexity index is 751. The number of hydrogen-bond donors (Lipinski definition) is 3. The maximum Gasteiger partial charge on any atom is 0.266 e. The molecule has 0 radical (unpaired) electrons. The fraction of sp³-hybridized carbons (Fsp3) is 0.588. The molecule has 3 heterocycles. The minimum absolute atomic E-state index is 0.00122. The molecule has 25 heavy (non-hydrogen) atoms. The number of H-pyrrole nitrogens is 1. The van der Waals surface area contributed by atoms with Crippen molar-refractivity contribution in [1.29, 1.82) is 0 Å². The van der Waals surface area contributed by atoms with Crippen LogP contribution in [0.3, 0.4) is 0 Å². The molecule has 0 atom stereocenters. The van der Waals surface area contributed by atoms with Crippen molar-refractivity contribution < 1.29 is 9.59 Å². The minimum atomic E-state index is -0.618. The standard InChI is InChI=1S/C17H23ClN4O3/c1-16(2)9-20-15(25)17(21-10-16)3-5-22(6-4-17)14(24)11-7-12(18)13(23)19-8-11/h7-8,21H,3-6,9-10H2,1-2H3,(H,19,23)(H,20,25). The topological polar surface area (TPSA) is 94.3 Å². The van der Waals surface area contributed by atoms with Crippen LogP contribution in [0.1, 0.15) is 37.0 Å². The van der Waals surface area contributed by atoms with E-state index >= 15 is 0 Å². The molecule has 1 aromatic heterocycles. The number of nitrogens with one attached hydrogen (secondary N) is 3. The summed E-state index contributed by atoms with van der Waals surface area (Å²) in [5.74, 6) is -0.181. The second-order valence-corrected chi connectivity index (χ2v) is 8.05. The monoisotopic (exact) mass is 366 g/mol. The van der Waals surface area contributed by atoms with Gasteiger partial charge in [0.2, 0.25) is 5.91 Å². The number of piperidine rings is 1. The first kappa shape index (κ1) is 17.9. The molecule has 0 saturated carbocycles. The fourth-order valence-corrected chi connectivity index (χ4v) is 3.47. The molecule has 0 unspecified atom stereocenters. The molecule has 3 rings (SSSR count). The Balaban J connectivity index is 1.70. The number of likely N-dealkylation sites (tertiary alicyclic amines) is 1. The second kappa shape index (κ2) is 6.46. The molecule has 136 valence electrons. The number of aromatic nitrogens is 1. The molecule has 0 aromatic carbocycles. The van der Waals surface area contributed by atoms with E-state index in [0.29, 0.717) is 38.0 Å². The van der Waals surface area contributed by atoms with E-state index in [4.69, 9.17) is 11.6 Å².